The van der Waals surface area contributed by atoms with Crippen LogP contribution in [0.5, 0.6) is 5.75 Å². The summed E-state index contributed by atoms with van der Waals surface area (Å²) in [6.45, 7) is 1.94. The summed E-state index contributed by atoms with van der Waals surface area (Å²) in [5.41, 5.74) is 1.57. The van der Waals surface area contributed by atoms with Crippen LogP contribution in [0.1, 0.15) is 10.6 Å². The zero-order valence-electron chi connectivity index (χ0n) is 15.0. The van der Waals surface area contributed by atoms with E-state index in [0.717, 1.165) is 21.1 Å². The molecule has 3 rings (SSSR count). The van der Waals surface area contributed by atoms with E-state index in [9.17, 15) is 12.8 Å². The molecule has 0 amide bonds. The van der Waals surface area contributed by atoms with Crippen molar-refractivity contribution < 1.29 is 17.5 Å². The Morgan fingerprint density at radius 2 is 1.89 bits per heavy atom. The third kappa shape index (κ3) is 5.51. The molecule has 28 heavy (non-hydrogen) atoms. The number of halogens is 2. The number of aromatic nitrogens is 1. The van der Waals surface area contributed by atoms with Gasteiger partial charge in [-0.2, -0.15) is 0 Å². The van der Waals surface area contributed by atoms with Crippen molar-refractivity contribution in [1.29, 1.82) is 0 Å². The number of sulfonamides is 1. The first-order chi connectivity index (χ1) is 13.3. The molecular weight excluding hydrogens is 423 g/mol. The molecular formula is C19H18ClFN2O3S2. The van der Waals surface area contributed by atoms with Gasteiger partial charge < -0.3 is 4.74 Å². The van der Waals surface area contributed by atoms with Gasteiger partial charge in [-0.1, -0.05) is 29.8 Å². The molecule has 3 aromatic rings. The van der Waals surface area contributed by atoms with Crippen LogP contribution in [0.25, 0.3) is 10.6 Å². The highest BCUT2D eigenvalue weighted by molar-refractivity contribution is 7.89. The largest absolute Gasteiger partial charge is 0.492 e. The van der Waals surface area contributed by atoms with Gasteiger partial charge in [-0.25, -0.2) is 22.5 Å². The maximum absolute atomic E-state index is 12.9. The highest BCUT2D eigenvalue weighted by Gasteiger charge is 2.15. The lowest BCUT2D eigenvalue weighted by molar-refractivity contribution is 0.339. The number of benzene rings is 2. The molecule has 0 atom stereocenters. The van der Waals surface area contributed by atoms with Crippen molar-refractivity contribution in [1.82, 2.24) is 9.71 Å². The predicted molar refractivity (Wildman–Crippen MR) is 110 cm³/mol. The highest BCUT2D eigenvalue weighted by atomic mass is 35.5. The standard InChI is InChI=1S/C19H18ClFN2O3S2/c1-13-18(27-19(23-13)16-4-2-3-5-17(16)20)12-22-28(24,25)11-10-26-15-8-6-14(21)7-9-15/h2-9,22H,10-12H2,1H3. The molecule has 0 aliphatic heterocycles. The molecule has 1 heterocycles. The van der Waals surface area contributed by atoms with E-state index in [-0.39, 0.29) is 24.7 Å². The fourth-order valence-electron chi connectivity index (χ4n) is 2.39. The molecule has 0 saturated heterocycles. The molecule has 5 nitrogen and oxygen atoms in total. The van der Waals surface area contributed by atoms with Crippen molar-refractivity contribution in [2.75, 3.05) is 12.4 Å². The molecule has 2 aromatic carbocycles. The third-order valence-electron chi connectivity index (χ3n) is 3.88. The molecule has 0 aliphatic rings. The lowest BCUT2D eigenvalue weighted by Crippen LogP contribution is -2.28. The molecule has 0 radical (unpaired) electrons. The first-order valence-electron chi connectivity index (χ1n) is 8.41. The summed E-state index contributed by atoms with van der Waals surface area (Å²) in [5, 5.41) is 1.35. The van der Waals surface area contributed by atoms with E-state index in [1.165, 1.54) is 35.6 Å². The first kappa shape index (κ1) is 20.7. The summed E-state index contributed by atoms with van der Waals surface area (Å²) < 4.78 is 45.2. The van der Waals surface area contributed by atoms with E-state index in [1.54, 1.807) is 6.07 Å². The van der Waals surface area contributed by atoms with E-state index >= 15 is 0 Å². The van der Waals surface area contributed by atoms with Gasteiger partial charge in [0.2, 0.25) is 10.0 Å². The number of rotatable bonds is 8. The Balaban J connectivity index is 1.57. The first-order valence-corrected chi connectivity index (χ1v) is 11.3. The fraction of sp³-hybridized carbons (Fsp3) is 0.211. The van der Waals surface area contributed by atoms with Crippen LogP contribution in [0.15, 0.2) is 48.5 Å². The normalized spacial score (nSPS) is 11.5. The summed E-state index contributed by atoms with van der Waals surface area (Å²) >= 11 is 7.61. The number of thiazole rings is 1. The lowest BCUT2D eigenvalue weighted by Gasteiger charge is -2.08. The second-order valence-corrected chi connectivity index (χ2v) is 9.37. The number of hydrogen-bond acceptors (Lipinski definition) is 5. The van der Waals surface area contributed by atoms with Gasteiger partial charge in [-0.3, -0.25) is 0 Å². The monoisotopic (exact) mass is 440 g/mol. The van der Waals surface area contributed by atoms with Crippen molar-refractivity contribution in [2.45, 2.75) is 13.5 Å². The number of ether oxygens (including phenoxy) is 1. The second-order valence-electron chi connectivity index (χ2n) is 5.95. The van der Waals surface area contributed by atoms with Gasteiger partial charge in [0.25, 0.3) is 0 Å². The number of nitrogens with one attached hydrogen (secondary N) is 1. The van der Waals surface area contributed by atoms with Gasteiger partial charge in [-0.15, -0.1) is 11.3 Å². The van der Waals surface area contributed by atoms with Crippen LogP contribution in [-0.4, -0.2) is 25.8 Å². The van der Waals surface area contributed by atoms with Gasteiger partial charge in [0, 0.05) is 17.0 Å². The Hall–Kier alpha value is -2.00. The summed E-state index contributed by atoms with van der Waals surface area (Å²) in [4.78, 5) is 5.31. The second kappa shape index (κ2) is 9.00. The topological polar surface area (TPSA) is 68.3 Å². The van der Waals surface area contributed by atoms with E-state index in [0.29, 0.717) is 10.8 Å². The van der Waals surface area contributed by atoms with Crippen molar-refractivity contribution in [3.63, 3.8) is 0 Å². The third-order valence-corrected chi connectivity index (χ3v) is 6.69. The van der Waals surface area contributed by atoms with Crippen LogP contribution in [0.2, 0.25) is 5.02 Å². The Kier molecular flexibility index (Phi) is 6.66. The Morgan fingerprint density at radius 1 is 1.18 bits per heavy atom. The van der Waals surface area contributed by atoms with Crippen LogP contribution >= 0.6 is 22.9 Å². The van der Waals surface area contributed by atoms with Crippen molar-refractivity contribution in [3.05, 3.63) is 69.9 Å². The molecule has 9 heteroatoms. The molecule has 1 N–H and O–H groups in total. The fourth-order valence-corrected chi connectivity index (χ4v) is 4.62. The van der Waals surface area contributed by atoms with Crippen molar-refractivity contribution >= 4 is 33.0 Å². The Labute approximate surface area is 172 Å². The molecule has 1 aromatic heterocycles. The van der Waals surface area contributed by atoms with Crippen LogP contribution in [0.4, 0.5) is 4.39 Å². The van der Waals surface area contributed by atoms with Gasteiger partial charge in [-0.05, 0) is 37.3 Å². The number of hydrogen-bond donors (Lipinski definition) is 1. The zero-order valence-corrected chi connectivity index (χ0v) is 17.4. The minimum Gasteiger partial charge on any atom is -0.492 e. The zero-order chi connectivity index (χ0) is 20.1. The van der Waals surface area contributed by atoms with Gasteiger partial charge in [0.05, 0.1) is 16.5 Å². The maximum Gasteiger partial charge on any atom is 0.215 e. The highest BCUT2D eigenvalue weighted by Crippen LogP contribution is 2.32. The maximum atomic E-state index is 12.9. The molecule has 0 saturated carbocycles. The van der Waals surface area contributed by atoms with E-state index in [1.807, 2.05) is 25.1 Å². The van der Waals surface area contributed by atoms with Crippen LogP contribution in [0, 0.1) is 12.7 Å². The Bertz CT molecular complexity index is 1050. The van der Waals surface area contributed by atoms with Crippen molar-refractivity contribution in [3.8, 4) is 16.3 Å². The quantitative estimate of drug-likeness (QED) is 0.563. The smallest absolute Gasteiger partial charge is 0.215 e. The van der Waals surface area contributed by atoms with Gasteiger partial charge in [0.15, 0.2) is 0 Å². The molecule has 0 unspecified atom stereocenters. The average molecular weight is 441 g/mol. The molecule has 148 valence electrons. The van der Waals surface area contributed by atoms with Crippen LogP contribution in [-0.2, 0) is 16.6 Å². The minimum absolute atomic E-state index is 0.0342. The number of aryl methyl sites for hydroxylation is 1. The molecule has 0 fully saturated rings. The van der Waals surface area contributed by atoms with E-state index in [2.05, 4.69) is 9.71 Å². The SMILES string of the molecule is Cc1nc(-c2ccccc2Cl)sc1CNS(=O)(=O)CCOc1ccc(F)cc1. The minimum atomic E-state index is -3.53. The van der Waals surface area contributed by atoms with Gasteiger partial charge >= 0.3 is 0 Å². The van der Waals surface area contributed by atoms with Gasteiger partial charge in [0.1, 0.15) is 23.2 Å². The number of nitrogens with zero attached hydrogens (tertiary/aromatic N) is 1. The Morgan fingerprint density at radius 3 is 2.61 bits per heavy atom. The van der Waals surface area contributed by atoms with Crippen LogP contribution < -0.4 is 9.46 Å². The average Bonchev–Trinajstić information content (AvgIpc) is 3.03. The van der Waals surface area contributed by atoms with E-state index < -0.39 is 10.0 Å². The van der Waals surface area contributed by atoms with E-state index in [4.69, 9.17) is 16.3 Å². The lowest BCUT2D eigenvalue weighted by atomic mass is 10.2. The summed E-state index contributed by atoms with van der Waals surface area (Å²) in [6, 6.07) is 12.8. The summed E-state index contributed by atoms with van der Waals surface area (Å²) in [5.74, 6) is -0.170. The molecule has 0 bridgehead atoms. The summed E-state index contributed by atoms with van der Waals surface area (Å²) in [7, 11) is -3.53. The summed E-state index contributed by atoms with van der Waals surface area (Å²) in [6.07, 6.45) is 0. The molecule has 0 aliphatic carbocycles. The molecule has 0 spiro atoms. The van der Waals surface area contributed by atoms with Crippen molar-refractivity contribution in [2.24, 2.45) is 0 Å². The predicted octanol–water partition coefficient (Wildman–Crippen LogP) is 4.41. The van der Waals surface area contributed by atoms with Crippen LogP contribution in [0.3, 0.4) is 0 Å².